The van der Waals surface area contributed by atoms with Crippen molar-refractivity contribution in [3.8, 4) is 5.75 Å². The zero-order valence-corrected chi connectivity index (χ0v) is 13.8. The fraction of sp³-hybridized carbons (Fsp3) is 0.0667. The molecule has 0 heterocycles. The summed E-state index contributed by atoms with van der Waals surface area (Å²) in [6.45, 7) is 0.381. The van der Waals surface area contributed by atoms with Crippen molar-refractivity contribution in [1.82, 2.24) is 5.43 Å². The van der Waals surface area contributed by atoms with Crippen LogP contribution in [0.15, 0.2) is 47.6 Å². The van der Waals surface area contributed by atoms with Crippen LogP contribution in [-0.4, -0.2) is 11.3 Å². The normalized spacial score (nSPS) is 10.6. The van der Waals surface area contributed by atoms with Gasteiger partial charge in [-0.15, -0.1) is 0 Å². The van der Waals surface area contributed by atoms with Crippen LogP contribution < -0.4 is 15.9 Å². The molecule has 2 aromatic carbocycles. The van der Waals surface area contributed by atoms with E-state index in [1.807, 2.05) is 24.3 Å². The minimum atomic E-state index is 0.0830. The fourth-order valence-corrected chi connectivity index (χ4v) is 2.15. The van der Waals surface area contributed by atoms with E-state index in [4.69, 9.17) is 33.7 Å². The van der Waals surface area contributed by atoms with Gasteiger partial charge in [-0.3, -0.25) is 5.43 Å². The lowest BCUT2D eigenvalue weighted by Crippen LogP contribution is -2.24. The maximum atomic E-state index is 5.99. The molecule has 114 valence electrons. The molecule has 0 bridgehead atoms. The van der Waals surface area contributed by atoms with Crippen LogP contribution in [0, 0.1) is 0 Å². The van der Waals surface area contributed by atoms with Gasteiger partial charge in [0.25, 0.3) is 0 Å². The molecule has 0 saturated heterocycles. The Morgan fingerprint density at radius 1 is 1.23 bits per heavy atom. The molecule has 0 unspecified atom stereocenters. The number of hydrogen-bond acceptors (Lipinski definition) is 3. The molecule has 3 N–H and O–H groups in total. The average Bonchev–Trinajstić information content (AvgIpc) is 2.46. The van der Waals surface area contributed by atoms with Crippen molar-refractivity contribution < 1.29 is 4.74 Å². The number of nitrogens with zero attached hydrogens (tertiary/aromatic N) is 1. The molecule has 0 amide bonds. The number of hydrogen-bond donors (Lipinski definition) is 2. The van der Waals surface area contributed by atoms with Crippen LogP contribution in [0.4, 0.5) is 0 Å². The van der Waals surface area contributed by atoms with Crippen molar-refractivity contribution in [2.24, 2.45) is 10.8 Å². The van der Waals surface area contributed by atoms with E-state index in [-0.39, 0.29) is 5.11 Å². The number of ether oxygens (including phenoxy) is 1. The van der Waals surface area contributed by atoms with E-state index in [1.165, 1.54) is 0 Å². The highest BCUT2D eigenvalue weighted by Crippen LogP contribution is 2.23. The summed E-state index contributed by atoms with van der Waals surface area (Å²) < 4.78 is 5.79. The molecule has 0 aliphatic carbocycles. The highest BCUT2D eigenvalue weighted by Gasteiger charge is 2.04. The minimum absolute atomic E-state index is 0.0830. The lowest BCUT2D eigenvalue weighted by atomic mass is 10.2. The summed E-state index contributed by atoms with van der Waals surface area (Å²) in [7, 11) is 0. The summed E-state index contributed by atoms with van der Waals surface area (Å²) >= 11 is 16.6. The van der Waals surface area contributed by atoms with E-state index in [9.17, 15) is 0 Å². The molecule has 0 aliphatic heterocycles. The summed E-state index contributed by atoms with van der Waals surface area (Å²) in [5, 5.41) is 5.24. The topological polar surface area (TPSA) is 59.6 Å². The Kier molecular flexibility index (Phi) is 6.00. The SMILES string of the molecule is NC(=S)N/N=C/c1cc(Cl)ccc1OCc1cccc(Cl)c1. The van der Waals surface area contributed by atoms with E-state index < -0.39 is 0 Å². The van der Waals surface area contributed by atoms with Crippen LogP contribution in [0.25, 0.3) is 0 Å². The molecule has 4 nitrogen and oxygen atoms in total. The number of nitrogens with two attached hydrogens (primary N) is 1. The van der Waals surface area contributed by atoms with Crippen LogP contribution in [0.5, 0.6) is 5.75 Å². The van der Waals surface area contributed by atoms with Crippen LogP contribution in [0.2, 0.25) is 10.0 Å². The van der Waals surface area contributed by atoms with E-state index in [1.54, 1.807) is 24.4 Å². The standard InChI is InChI=1S/C15H13Cl2N3OS/c16-12-3-1-2-10(6-12)9-21-14-5-4-13(17)7-11(14)8-19-20-15(18)22/h1-8H,9H2,(H3,18,20,22)/b19-8+. The van der Waals surface area contributed by atoms with Gasteiger partial charge in [0.15, 0.2) is 5.11 Å². The third-order valence-corrected chi connectivity index (χ3v) is 3.20. The van der Waals surface area contributed by atoms with Crippen LogP contribution in [0.3, 0.4) is 0 Å². The summed E-state index contributed by atoms with van der Waals surface area (Å²) in [6.07, 6.45) is 1.54. The molecule has 0 aliphatic rings. The predicted molar refractivity (Wildman–Crippen MR) is 94.8 cm³/mol. The second-order valence-electron chi connectivity index (χ2n) is 4.33. The lowest BCUT2D eigenvalue weighted by molar-refractivity contribution is 0.306. The van der Waals surface area contributed by atoms with Gasteiger partial charge in [0.2, 0.25) is 0 Å². The van der Waals surface area contributed by atoms with Gasteiger partial charge in [0.05, 0.1) is 6.21 Å². The predicted octanol–water partition coefficient (Wildman–Crippen LogP) is 3.74. The van der Waals surface area contributed by atoms with Crippen molar-refractivity contribution in [2.75, 3.05) is 0 Å². The van der Waals surface area contributed by atoms with Gasteiger partial charge in [-0.25, -0.2) is 0 Å². The lowest BCUT2D eigenvalue weighted by Gasteiger charge is -2.10. The number of thiocarbonyl (C=S) groups is 1. The maximum absolute atomic E-state index is 5.99. The van der Waals surface area contributed by atoms with E-state index in [0.29, 0.717) is 28.0 Å². The Hall–Kier alpha value is -1.82. The Balaban J connectivity index is 2.12. The van der Waals surface area contributed by atoms with E-state index in [0.717, 1.165) is 5.56 Å². The Bertz CT molecular complexity index is 707. The van der Waals surface area contributed by atoms with Gasteiger partial charge < -0.3 is 10.5 Å². The number of benzene rings is 2. The molecule has 0 fully saturated rings. The first kappa shape index (κ1) is 16.5. The van der Waals surface area contributed by atoms with Gasteiger partial charge in [-0.1, -0.05) is 35.3 Å². The van der Waals surface area contributed by atoms with Crippen LogP contribution in [0.1, 0.15) is 11.1 Å². The van der Waals surface area contributed by atoms with Gasteiger partial charge in [0, 0.05) is 15.6 Å². The van der Waals surface area contributed by atoms with Crippen molar-refractivity contribution >= 4 is 46.7 Å². The molecule has 0 aromatic heterocycles. The zero-order valence-electron chi connectivity index (χ0n) is 11.4. The Labute approximate surface area is 143 Å². The first-order chi connectivity index (χ1) is 10.5. The fourth-order valence-electron chi connectivity index (χ4n) is 1.70. The third kappa shape index (κ3) is 5.18. The quantitative estimate of drug-likeness (QED) is 0.488. The molecule has 0 saturated carbocycles. The van der Waals surface area contributed by atoms with E-state index >= 15 is 0 Å². The van der Waals surface area contributed by atoms with E-state index in [2.05, 4.69) is 22.7 Å². The zero-order chi connectivity index (χ0) is 15.9. The number of hydrazone groups is 1. The molecular weight excluding hydrogens is 341 g/mol. The largest absolute Gasteiger partial charge is 0.488 e. The summed E-state index contributed by atoms with van der Waals surface area (Å²) in [5.41, 5.74) is 9.47. The minimum Gasteiger partial charge on any atom is -0.488 e. The Morgan fingerprint density at radius 3 is 2.73 bits per heavy atom. The third-order valence-electron chi connectivity index (χ3n) is 2.63. The van der Waals surface area contributed by atoms with Gasteiger partial charge in [0.1, 0.15) is 12.4 Å². The molecule has 2 aromatic rings. The highest BCUT2D eigenvalue weighted by atomic mass is 35.5. The summed E-state index contributed by atoms with van der Waals surface area (Å²) in [6, 6.07) is 12.7. The number of nitrogens with one attached hydrogen (secondary N) is 1. The van der Waals surface area contributed by atoms with Crippen LogP contribution in [-0.2, 0) is 6.61 Å². The average molecular weight is 354 g/mol. The molecule has 22 heavy (non-hydrogen) atoms. The van der Waals surface area contributed by atoms with Crippen LogP contribution >= 0.6 is 35.4 Å². The van der Waals surface area contributed by atoms with Gasteiger partial charge in [-0.05, 0) is 48.1 Å². The van der Waals surface area contributed by atoms with Crippen molar-refractivity contribution in [1.29, 1.82) is 0 Å². The van der Waals surface area contributed by atoms with Crippen molar-refractivity contribution in [3.05, 3.63) is 63.6 Å². The number of rotatable bonds is 5. The molecule has 7 heteroatoms. The summed E-state index contributed by atoms with van der Waals surface area (Å²) in [4.78, 5) is 0. The molecule has 0 radical (unpaired) electrons. The first-order valence-electron chi connectivity index (χ1n) is 6.30. The second-order valence-corrected chi connectivity index (χ2v) is 5.65. The monoisotopic (exact) mass is 353 g/mol. The molecule has 0 spiro atoms. The van der Waals surface area contributed by atoms with Crippen molar-refractivity contribution in [3.63, 3.8) is 0 Å². The van der Waals surface area contributed by atoms with Crippen molar-refractivity contribution in [2.45, 2.75) is 6.61 Å². The number of halogens is 2. The Morgan fingerprint density at radius 2 is 2.00 bits per heavy atom. The second kappa shape index (κ2) is 7.98. The molecule has 2 rings (SSSR count). The van der Waals surface area contributed by atoms with Gasteiger partial charge in [-0.2, -0.15) is 5.10 Å². The molecule has 0 atom stereocenters. The molecular formula is C15H13Cl2N3OS. The first-order valence-corrected chi connectivity index (χ1v) is 7.46. The van der Waals surface area contributed by atoms with Gasteiger partial charge >= 0.3 is 0 Å². The highest BCUT2D eigenvalue weighted by molar-refractivity contribution is 7.80. The summed E-state index contributed by atoms with van der Waals surface area (Å²) in [5.74, 6) is 0.637. The smallest absolute Gasteiger partial charge is 0.184 e. The maximum Gasteiger partial charge on any atom is 0.184 e.